The first-order valence-corrected chi connectivity index (χ1v) is 11.8. The second kappa shape index (κ2) is 9.85. The van der Waals surface area contributed by atoms with Crippen molar-refractivity contribution in [1.29, 1.82) is 0 Å². The Labute approximate surface area is 194 Å². The molecule has 7 heteroatoms. The molecule has 3 heterocycles. The van der Waals surface area contributed by atoms with Gasteiger partial charge in [0, 0.05) is 55.0 Å². The molecule has 2 aromatic carbocycles. The maximum atomic E-state index is 13.1. The van der Waals surface area contributed by atoms with Crippen molar-refractivity contribution in [3.8, 4) is 5.69 Å². The number of nitrogens with one attached hydrogen (secondary N) is 1. The van der Waals surface area contributed by atoms with Crippen LogP contribution in [-0.4, -0.2) is 68.3 Å². The summed E-state index contributed by atoms with van der Waals surface area (Å²) in [5.74, 6) is -0.163. The van der Waals surface area contributed by atoms with E-state index in [0.717, 1.165) is 57.7 Å². The Kier molecular flexibility index (Phi) is 6.51. The number of aromatic amines is 1. The maximum absolute atomic E-state index is 13.1. The molecule has 1 atom stereocenters. The van der Waals surface area contributed by atoms with Crippen LogP contribution in [0.15, 0.2) is 61.3 Å². The molecule has 1 aliphatic heterocycles. The van der Waals surface area contributed by atoms with E-state index in [1.807, 2.05) is 16.7 Å². The molecule has 172 valence electrons. The van der Waals surface area contributed by atoms with Gasteiger partial charge in [0.15, 0.2) is 0 Å². The number of aryl methyl sites for hydroxylation is 1. The van der Waals surface area contributed by atoms with Crippen LogP contribution >= 0.6 is 0 Å². The molecular weight excluding hydrogens is 415 g/mol. The number of hydrogen-bond donors (Lipinski definition) is 1. The normalized spacial score (nSPS) is 16.4. The standard InChI is InChI=1S/C26H31FN6/c1-20(15-21-4-6-23(27)7-5-21)32-13-11-31(12-14-32)10-2-3-22-17-28-26-9-8-24(16-25(22)26)33-18-29-30-19-33/h4-9,16-20,28H,2-3,10-15H2,1H3. The molecule has 0 aliphatic carbocycles. The molecule has 1 fully saturated rings. The summed E-state index contributed by atoms with van der Waals surface area (Å²) < 4.78 is 15.1. The van der Waals surface area contributed by atoms with Crippen LogP contribution in [0, 0.1) is 5.82 Å². The molecule has 2 aromatic heterocycles. The number of fused-ring (bicyclic) bond motifs is 1. The van der Waals surface area contributed by atoms with Gasteiger partial charge in [-0.15, -0.1) is 10.2 Å². The van der Waals surface area contributed by atoms with Gasteiger partial charge >= 0.3 is 0 Å². The van der Waals surface area contributed by atoms with E-state index in [1.54, 1.807) is 24.8 Å². The summed E-state index contributed by atoms with van der Waals surface area (Å²) in [4.78, 5) is 8.55. The Bertz CT molecular complexity index is 1160. The van der Waals surface area contributed by atoms with E-state index in [2.05, 4.69) is 56.3 Å². The fourth-order valence-corrected chi connectivity index (χ4v) is 4.88. The molecule has 0 amide bonds. The minimum absolute atomic E-state index is 0.163. The Balaban J connectivity index is 1.10. The highest BCUT2D eigenvalue weighted by Gasteiger charge is 2.21. The van der Waals surface area contributed by atoms with E-state index in [9.17, 15) is 4.39 Å². The molecule has 5 rings (SSSR count). The van der Waals surface area contributed by atoms with Crippen molar-refractivity contribution in [2.75, 3.05) is 32.7 Å². The lowest BCUT2D eigenvalue weighted by Gasteiger charge is -2.38. The summed E-state index contributed by atoms with van der Waals surface area (Å²) in [6.45, 7) is 7.82. The lowest BCUT2D eigenvalue weighted by molar-refractivity contribution is 0.101. The van der Waals surface area contributed by atoms with E-state index < -0.39 is 0 Å². The summed E-state index contributed by atoms with van der Waals surface area (Å²) in [7, 11) is 0. The maximum Gasteiger partial charge on any atom is 0.123 e. The lowest BCUT2D eigenvalue weighted by Crippen LogP contribution is -2.50. The van der Waals surface area contributed by atoms with Gasteiger partial charge in [-0.2, -0.15) is 0 Å². The number of H-pyrrole nitrogens is 1. The minimum atomic E-state index is -0.163. The molecule has 0 radical (unpaired) electrons. The minimum Gasteiger partial charge on any atom is -0.361 e. The molecule has 4 aromatic rings. The van der Waals surface area contributed by atoms with Gasteiger partial charge in [-0.25, -0.2) is 4.39 Å². The second-order valence-electron chi connectivity index (χ2n) is 9.07. The average molecular weight is 447 g/mol. The van der Waals surface area contributed by atoms with Gasteiger partial charge in [0.1, 0.15) is 18.5 Å². The Morgan fingerprint density at radius 2 is 1.76 bits per heavy atom. The molecule has 0 saturated carbocycles. The molecule has 0 spiro atoms. The molecule has 1 N–H and O–H groups in total. The Morgan fingerprint density at radius 3 is 2.52 bits per heavy atom. The predicted molar refractivity (Wildman–Crippen MR) is 129 cm³/mol. The van der Waals surface area contributed by atoms with E-state index >= 15 is 0 Å². The SMILES string of the molecule is CC(Cc1ccc(F)cc1)N1CCN(CCCc2c[nH]c3ccc(-n4cnnc4)cc23)CC1. The van der Waals surface area contributed by atoms with E-state index in [0.29, 0.717) is 6.04 Å². The van der Waals surface area contributed by atoms with E-state index in [4.69, 9.17) is 0 Å². The van der Waals surface area contributed by atoms with Crippen LogP contribution in [0.2, 0.25) is 0 Å². The third-order valence-corrected chi connectivity index (χ3v) is 6.86. The number of hydrogen-bond acceptors (Lipinski definition) is 4. The lowest BCUT2D eigenvalue weighted by atomic mass is 10.0. The number of rotatable bonds is 8. The second-order valence-corrected chi connectivity index (χ2v) is 9.07. The summed E-state index contributed by atoms with van der Waals surface area (Å²) in [5.41, 5.74) is 4.83. The van der Waals surface area contributed by atoms with Crippen LogP contribution in [-0.2, 0) is 12.8 Å². The van der Waals surface area contributed by atoms with Gasteiger partial charge in [-0.05, 0) is 74.2 Å². The van der Waals surface area contributed by atoms with Crippen molar-refractivity contribution in [3.05, 3.63) is 78.3 Å². The zero-order valence-electron chi connectivity index (χ0n) is 19.1. The molecule has 1 saturated heterocycles. The summed E-state index contributed by atoms with van der Waals surface area (Å²) in [6.07, 6.45) is 8.79. The van der Waals surface area contributed by atoms with Crippen LogP contribution in [0.3, 0.4) is 0 Å². The van der Waals surface area contributed by atoms with Crippen molar-refractivity contribution in [2.45, 2.75) is 32.2 Å². The third-order valence-electron chi connectivity index (χ3n) is 6.86. The van der Waals surface area contributed by atoms with Gasteiger partial charge in [0.25, 0.3) is 0 Å². The predicted octanol–water partition coefficient (Wildman–Crippen LogP) is 4.07. The van der Waals surface area contributed by atoms with Gasteiger partial charge in [-0.1, -0.05) is 12.1 Å². The van der Waals surface area contributed by atoms with Crippen LogP contribution in [0.5, 0.6) is 0 Å². The first-order chi connectivity index (χ1) is 16.2. The summed E-state index contributed by atoms with van der Waals surface area (Å²) in [6, 6.07) is 13.8. The third kappa shape index (κ3) is 5.15. The fourth-order valence-electron chi connectivity index (χ4n) is 4.88. The largest absolute Gasteiger partial charge is 0.361 e. The molecule has 33 heavy (non-hydrogen) atoms. The molecule has 1 unspecified atom stereocenters. The van der Waals surface area contributed by atoms with Gasteiger partial charge in [0.2, 0.25) is 0 Å². The van der Waals surface area contributed by atoms with Crippen LogP contribution < -0.4 is 0 Å². The zero-order valence-corrected chi connectivity index (χ0v) is 19.1. The highest BCUT2D eigenvalue weighted by atomic mass is 19.1. The van der Waals surface area contributed by atoms with Crippen LogP contribution in [0.25, 0.3) is 16.6 Å². The zero-order chi connectivity index (χ0) is 22.6. The molecule has 1 aliphatic rings. The summed E-state index contributed by atoms with van der Waals surface area (Å²) in [5, 5.41) is 9.10. The Morgan fingerprint density at radius 1 is 1.00 bits per heavy atom. The molecule has 6 nitrogen and oxygen atoms in total. The topological polar surface area (TPSA) is 53.0 Å². The van der Waals surface area contributed by atoms with Crippen molar-refractivity contribution in [3.63, 3.8) is 0 Å². The van der Waals surface area contributed by atoms with Crippen LogP contribution in [0.4, 0.5) is 4.39 Å². The molecular formula is C26H31FN6. The van der Waals surface area contributed by atoms with Gasteiger partial charge < -0.3 is 9.88 Å². The van der Waals surface area contributed by atoms with Crippen LogP contribution in [0.1, 0.15) is 24.5 Å². The van der Waals surface area contributed by atoms with Crippen molar-refractivity contribution >= 4 is 10.9 Å². The summed E-state index contributed by atoms with van der Waals surface area (Å²) >= 11 is 0. The van der Waals surface area contributed by atoms with Gasteiger partial charge in [-0.3, -0.25) is 9.47 Å². The Hall–Kier alpha value is -3.03. The van der Waals surface area contributed by atoms with Crippen molar-refractivity contribution in [1.82, 2.24) is 29.5 Å². The number of nitrogens with zero attached hydrogens (tertiary/aromatic N) is 5. The van der Waals surface area contributed by atoms with Crippen molar-refractivity contribution < 1.29 is 4.39 Å². The average Bonchev–Trinajstić information content (AvgIpc) is 3.51. The highest BCUT2D eigenvalue weighted by molar-refractivity contribution is 5.85. The first kappa shape index (κ1) is 21.8. The number of aromatic nitrogens is 4. The van der Waals surface area contributed by atoms with E-state index in [-0.39, 0.29) is 5.82 Å². The van der Waals surface area contributed by atoms with Gasteiger partial charge in [0.05, 0.1) is 0 Å². The van der Waals surface area contributed by atoms with Crippen molar-refractivity contribution in [2.24, 2.45) is 0 Å². The smallest absolute Gasteiger partial charge is 0.123 e. The number of benzene rings is 2. The highest BCUT2D eigenvalue weighted by Crippen LogP contribution is 2.23. The first-order valence-electron chi connectivity index (χ1n) is 11.8. The fraction of sp³-hybridized carbons (Fsp3) is 0.385. The monoisotopic (exact) mass is 446 g/mol. The number of piperazine rings is 1. The quantitative estimate of drug-likeness (QED) is 0.443. The molecule has 0 bridgehead atoms. The van der Waals surface area contributed by atoms with E-state index in [1.165, 1.54) is 22.0 Å². The number of halogens is 1.